The lowest BCUT2D eigenvalue weighted by molar-refractivity contribution is -0.128. The number of nitrogens with two attached hydrogens (primary N) is 3. The highest BCUT2D eigenvalue weighted by molar-refractivity contribution is 6.01. The Kier molecular flexibility index (Phi) is 25.7. The Morgan fingerprint density at radius 3 is 1.07 bits per heavy atom. The van der Waals surface area contributed by atoms with Crippen molar-refractivity contribution in [1.29, 1.82) is 0 Å². The maximum absolute atomic E-state index is 13.0. The summed E-state index contributed by atoms with van der Waals surface area (Å²) in [5.74, 6) is 5.80. The summed E-state index contributed by atoms with van der Waals surface area (Å²) in [5, 5.41) is 24.1. The van der Waals surface area contributed by atoms with Gasteiger partial charge in [0.15, 0.2) is 16.9 Å². The SMILES string of the molecule is CN(C/C=C/C(=O)N1CC[C@@H](n2nc(-c3ccc(Oc4ccccc4)cc3)c3c(N)ncnc32)C1)C1CCCC1.Nc1ncnc2c1c(-c1ccc(Oc3ccccc3)cc1)nn2[C@@H]1CCCN(C(=O)/C=C/CNC2CCCC2)C1.Nc1ncnc2c1c(-c1ccc(Oc3ccccc3)cc1)nn2[C@@H]1CCN(C(=O)/C=C/CNC2CCCC2)C1. The van der Waals surface area contributed by atoms with Crippen LogP contribution in [0.1, 0.15) is 121 Å². The van der Waals surface area contributed by atoms with Gasteiger partial charge in [0.1, 0.15) is 88.0 Å². The molecule has 6 aromatic carbocycles. The number of nitrogens with zero attached hydrogens (tertiary/aromatic N) is 16. The van der Waals surface area contributed by atoms with Gasteiger partial charge in [0, 0.05) is 112 Å². The minimum atomic E-state index is -0.00560. The van der Waals surface area contributed by atoms with Crippen LogP contribution in [0.15, 0.2) is 219 Å². The van der Waals surface area contributed by atoms with Gasteiger partial charge in [0.25, 0.3) is 0 Å². The van der Waals surface area contributed by atoms with E-state index >= 15 is 0 Å². The molecule has 119 heavy (non-hydrogen) atoms. The fourth-order valence-corrected chi connectivity index (χ4v) is 17.1. The molecular formula is C92H103N21O6. The smallest absolute Gasteiger partial charge is 0.246 e. The molecule has 9 heterocycles. The van der Waals surface area contributed by atoms with Crippen LogP contribution < -0.4 is 42.0 Å². The molecule has 3 saturated carbocycles. The Morgan fingerprint density at radius 1 is 0.387 bits per heavy atom. The molecule has 3 amide bonds. The molecule has 6 fully saturated rings. The zero-order valence-electron chi connectivity index (χ0n) is 67.3. The number of rotatable bonds is 24. The predicted molar refractivity (Wildman–Crippen MR) is 463 cm³/mol. The van der Waals surface area contributed by atoms with E-state index in [1.54, 1.807) is 18.2 Å². The van der Waals surface area contributed by atoms with Crippen molar-refractivity contribution < 1.29 is 28.6 Å². The second-order valence-electron chi connectivity index (χ2n) is 31.5. The lowest BCUT2D eigenvalue weighted by atomic mass is 10.1. The Bertz CT molecular complexity index is 5510. The van der Waals surface area contributed by atoms with Gasteiger partial charge in [-0.1, -0.05) is 111 Å². The molecule has 6 aliphatic rings. The average molecular weight is 1600 g/mol. The van der Waals surface area contributed by atoms with Gasteiger partial charge >= 0.3 is 0 Å². The van der Waals surface area contributed by atoms with Crippen molar-refractivity contribution in [2.24, 2.45) is 0 Å². The van der Waals surface area contributed by atoms with Gasteiger partial charge in [-0.3, -0.25) is 19.3 Å². The van der Waals surface area contributed by atoms with E-state index in [4.69, 9.17) is 46.7 Å². The highest BCUT2D eigenvalue weighted by Crippen LogP contribution is 2.40. The van der Waals surface area contributed by atoms with Crippen LogP contribution in [0.3, 0.4) is 0 Å². The van der Waals surface area contributed by atoms with Crippen molar-refractivity contribution in [2.75, 3.05) is 83.2 Å². The summed E-state index contributed by atoms with van der Waals surface area (Å²) < 4.78 is 23.6. The normalized spacial score (nSPS) is 18.0. The Balaban J connectivity index is 0.000000133. The van der Waals surface area contributed by atoms with E-state index in [0.29, 0.717) is 85.2 Å². The number of nitrogens with one attached hydrogen (secondary N) is 2. The largest absolute Gasteiger partial charge is 0.457 e. The molecule has 27 nitrogen and oxygen atoms in total. The second kappa shape index (κ2) is 38.1. The number of likely N-dealkylation sites (N-methyl/N-ethyl adjacent to an activating group) is 1. The number of amides is 3. The van der Waals surface area contributed by atoms with Crippen molar-refractivity contribution in [3.05, 3.63) is 219 Å². The van der Waals surface area contributed by atoms with Gasteiger partial charge in [-0.15, -0.1) is 0 Å². The van der Waals surface area contributed by atoms with E-state index in [2.05, 4.69) is 52.5 Å². The molecule has 0 radical (unpaired) electrons. The molecule has 6 aromatic heterocycles. The van der Waals surface area contributed by atoms with E-state index < -0.39 is 0 Å². The summed E-state index contributed by atoms with van der Waals surface area (Å²) >= 11 is 0. The van der Waals surface area contributed by atoms with Gasteiger partial charge < -0.3 is 56.7 Å². The minimum Gasteiger partial charge on any atom is -0.457 e. The third kappa shape index (κ3) is 19.5. The summed E-state index contributed by atoms with van der Waals surface area (Å²) in [4.78, 5) is 73.2. The Hall–Kier alpha value is -12.7. The number of aromatic nitrogens is 12. The first-order valence-electron chi connectivity index (χ1n) is 41.9. The van der Waals surface area contributed by atoms with Gasteiger partial charge in [-0.05, 0) is 180 Å². The van der Waals surface area contributed by atoms with E-state index in [9.17, 15) is 14.4 Å². The molecule has 3 aliphatic heterocycles. The van der Waals surface area contributed by atoms with Crippen LogP contribution in [0, 0.1) is 0 Å². The number of benzene rings is 6. The molecule has 18 rings (SSSR count). The topological polar surface area (TPSA) is 325 Å². The monoisotopic (exact) mass is 1600 g/mol. The maximum Gasteiger partial charge on any atom is 0.246 e. The number of ether oxygens (including phenoxy) is 3. The highest BCUT2D eigenvalue weighted by atomic mass is 16.5. The van der Waals surface area contributed by atoms with Crippen molar-refractivity contribution in [2.45, 2.75) is 139 Å². The summed E-state index contributed by atoms with van der Waals surface area (Å²) in [6.45, 7) is 6.06. The molecule has 27 heteroatoms. The Morgan fingerprint density at radius 2 is 0.706 bits per heavy atom. The highest BCUT2D eigenvalue weighted by Gasteiger charge is 2.34. The van der Waals surface area contributed by atoms with Gasteiger partial charge in [0.05, 0.1) is 34.3 Å². The van der Waals surface area contributed by atoms with Crippen molar-refractivity contribution in [3.8, 4) is 68.3 Å². The number of hydrogen-bond donors (Lipinski definition) is 5. The van der Waals surface area contributed by atoms with Gasteiger partial charge in [-0.2, -0.15) is 15.3 Å². The average Bonchev–Trinajstić information content (AvgIpc) is 1.61. The van der Waals surface area contributed by atoms with Gasteiger partial charge in [0.2, 0.25) is 17.7 Å². The fraction of sp³-hybridized carbons (Fsp3) is 0.348. The molecule has 612 valence electrons. The summed E-state index contributed by atoms with van der Waals surface area (Å²) in [6, 6.07) is 54.1. The standard InChI is InChI=1S/2C31H35N7O2.C30H33N7O2/c1-36(23-8-5-6-9-23)18-7-12-27(39)37-19-17-24(20-37)38-31-28(30(32)33-21-34-31)29(35-38)22-13-15-26(16-14-22)40-25-10-3-2-4-11-25;32-30-28-29(22-14-16-26(17-15-22)40-25-11-2-1-3-12-25)36-38(31(28)35-21-34-30)24-10-7-19-37(20-24)27(39)13-6-18-33-23-8-4-5-9-23;31-29-27-28(21-12-14-25(15-13-21)39-24-9-2-1-3-10-24)35-37(30(27)34-20-33-29)23-16-18-36(19-23)26(38)11-6-17-32-22-7-4-5-8-22/h2-4,7,10-16,21,23-24H,5-6,8-9,17-20H2,1H3,(H2,32,33,34);1-3,6,11-17,21,23-24,33H,4-5,7-10,18-20H2,(H2,32,34,35);1-3,6,9-15,20,22-23,32H,4-5,7-8,16-19H2,(H2,31,33,34)/b12-7+;13-6+;11-6+/t2*24-;23-/m111/s1. The van der Waals surface area contributed by atoms with E-state index in [-0.39, 0.29) is 35.8 Å². The molecular weight excluding hydrogens is 1500 g/mol. The first kappa shape index (κ1) is 80.1. The molecule has 0 spiro atoms. The van der Waals surface area contributed by atoms with Crippen LogP contribution in [0.2, 0.25) is 0 Å². The molecule has 3 atom stereocenters. The third-order valence-electron chi connectivity index (χ3n) is 23.5. The number of piperidine rings is 1. The summed E-state index contributed by atoms with van der Waals surface area (Å²) in [5.41, 5.74) is 25.9. The lowest BCUT2D eigenvalue weighted by Gasteiger charge is -2.32. The number of carbonyl (C=O) groups is 3. The number of hydrogen-bond acceptors (Lipinski definition) is 21. The zero-order valence-corrected chi connectivity index (χ0v) is 67.3. The second-order valence-corrected chi connectivity index (χ2v) is 31.5. The van der Waals surface area contributed by atoms with E-state index in [0.717, 1.165) is 136 Å². The number of nitrogen functional groups attached to an aromatic ring is 3. The lowest BCUT2D eigenvalue weighted by Crippen LogP contribution is -2.40. The van der Waals surface area contributed by atoms with Crippen molar-refractivity contribution in [3.63, 3.8) is 0 Å². The fourth-order valence-electron chi connectivity index (χ4n) is 17.1. The molecule has 0 bridgehead atoms. The van der Waals surface area contributed by atoms with Gasteiger partial charge in [-0.25, -0.2) is 43.9 Å². The number of para-hydroxylation sites is 3. The Labute approximate surface area is 692 Å². The molecule has 8 N–H and O–H groups in total. The maximum atomic E-state index is 13.0. The quantitative estimate of drug-likeness (QED) is 0.0351. The predicted octanol–water partition coefficient (Wildman–Crippen LogP) is 14.9. The van der Waals surface area contributed by atoms with Crippen LogP contribution in [0.4, 0.5) is 17.5 Å². The third-order valence-corrected chi connectivity index (χ3v) is 23.5. The van der Waals surface area contributed by atoms with Crippen LogP contribution in [0.25, 0.3) is 66.9 Å². The zero-order chi connectivity index (χ0) is 81.4. The minimum absolute atomic E-state index is 0.00440. The van der Waals surface area contributed by atoms with Crippen LogP contribution in [0.5, 0.6) is 34.5 Å². The van der Waals surface area contributed by atoms with E-state index in [1.807, 2.05) is 211 Å². The number of fused-ring (bicyclic) bond motifs is 3. The molecule has 0 unspecified atom stereocenters. The summed E-state index contributed by atoms with van der Waals surface area (Å²) in [6.07, 6.45) is 34.0. The van der Waals surface area contributed by atoms with Crippen LogP contribution in [-0.2, 0) is 14.4 Å². The number of anilines is 3. The number of carbonyl (C=O) groups excluding carboxylic acids is 3. The molecule has 3 saturated heterocycles. The first-order valence-corrected chi connectivity index (χ1v) is 41.9. The van der Waals surface area contributed by atoms with Crippen LogP contribution in [-0.4, -0.2) is 181 Å². The van der Waals surface area contributed by atoms with E-state index in [1.165, 1.54) is 96.0 Å². The molecule has 12 aromatic rings. The molecule has 3 aliphatic carbocycles. The summed E-state index contributed by atoms with van der Waals surface area (Å²) in [7, 11) is 2.15. The number of likely N-dealkylation sites (tertiary alicyclic amines) is 3. The first-order chi connectivity index (χ1) is 58.4. The van der Waals surface area contributed by atoms with Crippen molar-refractivity contribution >= 4 is 68.3 Å². The van der Waals surface area contributed by atoms with Crippen molar-refractivity contribution in [1.82, 2.24) is 89.5 Å². The van der Waals surface area contributed by atoms with Crippen LogP contribution >= 0.6 is 0 Å².